The summed E-state index contributed by atoms with van der Waals surface area (Å²) in [5.74, 6) is 0.542. The molecule has 2 aromatic heterocycles. The van der Waals surface area contributed by atoms with Gasteiger partial charge in [0.15, 0.2) is 11.3 Å². The molecule has 40 heavy (non-hydrogen) atoms. The van der Waals surface area contributed by atoms with E-state index in [-0.39, 0.29) is 17.9 Å². The van der Waals surface area contributed by atoms with Crippen LogP contribution in [0.25, 0.3) is 11.2 Å². The Morgan fingerprint density at radius 3 is 2.50 bits per heavy atom. The maximum atomic E-state index is 11.5. The monoisotopic (exact) mass is 580 g/mol. The van der Waals surface area contributed by atoms with Crippen molar-refractivity contribution in [1.29, 1.82) is 0 Å². The average molecular weight is 582 g/mol. The lowest BCUT2D eigenvalue weighted by atomic mass is 10.0. The second-order valence-corrected chi connectivity index (χ2v) is 11.2. The second-order valence-electron chi connectivity index (χ2n) is 10.4. The number of pyridine rings is 1. The number of rotatable bonds is 9. The summed E-state index contributed by atoms with van der Waals surface area (Å²) in [5, 5.41) is 10.8. The van der Waals surface area contributed by atoms with Crippen molar-refractivity contribution in [2.24, 2.45) is 0 Å². The van der Waals surface area contributed by atoms with Gasteiger partial charge in [-0.2, -0.15) is 0 Å². The molecule has 0 radical (unpaired) electrons. The van der Waals surface area contributed by atoms with Crippen LogP contribution in [0.15, 0.2) is 54.6 Å². The van der Waals surface area contributed by atoms with Gasteiger partial charge < -0.3 is 19.1 Å². The fraction of sp³-hybridized carbons (Fsp3) is 0.367. The fourth-order valence-corrected chi connectivity index (χ4v) is 5.65. The number of imidazole rings is 1. The molecule has 1 unspecified atom stereocenters. The van der Waals surface area contributed by atoms with E-state index in [1.54, 1.807) is 6.07 Å². The molecule has 4 heterocycles. The van der Waals surface area contributed by atoms with Gasteiger partial charge in [-0.1, -0.05) is 47.5 Å². The standard InChI is InChI=1S/C30H30Cl2N4O4/c31-21-6-4-19(5-7-21)16-20-2-1-3-26(28(20)32)40-22-10-13-35(14-11-22)18-27-33-24-8-9-25(30(37)38)34-29(24)36(27)17-23-12-15-39-23/h1-9,22-23H,10-18H2,(H,37,38). The van der Waals surface area contributed by atoms with Crippen molar-refractivity contribution in [1.82, 2.24) is 19.4 Å². The van der Waals surface area contributed by atoms with Crippen molar-refractivity contribution in [3.05, 3.63) is 87.3 Å². The number of piperidine rings is 1. The Kier molecular flexibility index (Phi) is 7.94. The predicted molar refractivity (Wildman–Crippen MR) is 153 cm³/mol. The number of carbonyl (C=O) groups is 1. The zero-order valence-electron chi connectivity index (χ0n) is 21.9. The quantitative estimate of drug-likeness (QED) is 0.265. The Bertz CT molecular complexity index is 1510. The van der Waals surface area contributed by atoms with Gasteiger partial charge in [0.2, 0.25) is 0 Å². The molecule has 0 amide bonds. The molecule has 0 spiro atoms. The molecule has 2 aliphatic heterocycles. The van der Waals surface area contributed by atoms with Crippen molar-refractivity contribution in [3.8, 4) is 5.75 Å². The van der Waals surface area contributed by atoms with E-state index in [1.807, 2.05) is 47.0 Å². The summed E-state index contributed by atoms with van der Waals surface area (Å²) in [5.41, 5.74) is 3.47. The summed E-state index contributed by atoms with van der Waals surface area (Å²) < 4.78 is 14.1. The summed E-state index contributed by atoms with van der Waals surface area (Å²) in [6.45, 7) is 3.72. The molecular weight excluding hydrogens is 551 g/mol. The van der Waals surface area contributed by atoms with Crippen LogP contribution >= 0.6 is 23.2 Å². The maximum Gasteiger partial charge on any atom is 0.354 e. The molecule has 0 bridgehead atoms. The third kappa shape index (κ3) is 5.95. The van der Waals surface area contributed by atoms with Crippen LogP contribution in [0.2, 0.25) is 10.0 Å². The van der Waals surface area contributed by atoms with E-state index in [9.17, 15) is 9.90 Å². The molecule has 2 fully saturated rings. The second kappa shape index (κ2) is 11.7. The van der Waals surface area contributed by atoms with E-state index in [1.165, 1.54) is 6.07 Å². The number of benzene rings is 2. The Hall–Kier alpha value is -3.17. The molecule has 0 aliphatic carbocycles. The number of likely N-dealkylation sites (tertiary alicyclic amines) is 1. The summed E-state index contributed by atoms with van der Waals surface area (Å²) in [4.78, 5) is 23.1. The third-order valence-corrected chi connectivity index (χ3v) is 8.30. The highest BCUT2D eigenvalue weighted by molar-refractivity contribution is 6.32. The maximum absolute atomic E-state index is 11.5. The van der Waals surface area contributed by atoms with E-state index in [2.05, 4.69) is 9.88 Å². The number of aromatic nitrogens is 3. The number of aromatic carboxylic acids is 1. The van der Waals surface area contributed by atoms with E-state index in [0.29, 0.717) is 46.5 Å². The van der Waals surface area contributed by atoms with Gasteiger partial charge in [0.1, 0.15) is 23.2 Å². The number of ether oxygens (including phenoxy) is 2. The lowest BCUT2D eigenvalue weighted by Gasteiger charge is -2.33. The first kappa shape index (κ1) is 27.0. The Morgan fingerprint density at radius 2 is 1.80 bits per heavy atom. The van der Waals surface area contributed by atoms with Gasteiger partial charge in [0.25, 0.3) is 0 Å². The Balaban J connectivity index is 1.11. The minimum absolute atomic E-state index is 0.0172. The van der Waals surface area contributed by atoms with E-state index in [4.69, 9.17) is 37.7 Å². The van der Waals surface area contributed by atoms with E-state index >= 15 is 0 Å². The number of hydrogen-bond acceptors (Lipinski definition) is 6. The van der Waals surface area contributed by atoms with Crippen molar-refractivity contribution in [2.75, 3.05) is 19.7 Å². The lowest BCUT2D eigenvalue weighted by Crippen LogP contribution is -2.39. The molecule has 10 heteroatoms. The van der Waals surface area contributed by atoms with Crippen LogP contribution in [0.3, 0.4) is 0 Å². The average Bonchev–Trinajstić information content (AvgIpc) is 3.26. The molecule has 1 atom stereocenters. The van der Waals surface area contributed by atoms with Crippen molar-refractivity contribution < 1.29 is 19.4 Å². The van der Waals surface area contributed by atoms with Crippen LogP contribution in [0.5, 0.6) is 5.75 Å². The highest BCUT2D eigenvalue weighted by atomic mass is 35.5. The minimum atomic E-state index is -1.05. The normalized spacial score (nSPS) is 18.1. The van der Waals surface area contributed by atoms with Crippen LogP contribution in [0.4, 0.5) is 0 Å². The largest absolute Gasteiger partial charge is 0.489 e. The van der Waals surface area contributed by atoms with Crippen LogP contribution < -0.4 is 4.74 Å². The predicted octanol–water partition coefficient (Wildman–Crippen LogP) is 5.86. The first-order chi connectivity index (χ1) is 19.4. The van der Waals surface area contributed by atoms with Gasteiger partial charge in [-0.05, 0) is 67.1 Å². The molecular formula is C30H30Cl2N4O4. The summed E-state index contributed by atoms with van der Waals surface area (Å²) >= 11 is 12.8. The summed E-state index contributed by atoms with van der Waals surface area (Å²) in [6, 6.07) is 17.0. The summed E-state index contributed by atoms with van der Waals surface area (Å²) in [7, 11) is 0. The lowest BCUT2D eigenvalue weighted by molar-refractivity contribution is -0.0593. The topological polar surface area (TPSA) is 89.7 Å². The fourth-order valence-electron chi connectivity index (χ4n) is 5.28. The number of carboxylic acids is 1. The van der Waals surface area contributed by atoms with Gasteiger partial charge in [0, 0.05) is 24.7 Å². The molecule has 2 aromatic carbocycles. The van der Waals surface area contributed by atoms with Crippen molar-refractivity contribution in [2.45, 2.75) is 51.0 Å². The summed E-state index contributed by atoms with van der Waals surface area (Å²) in [6.07, 6.45) is 3.59. The number of fused-ring (bicyclic) bond motifs is 1. The molecule has 0 saturated carbocycles. The number of carboxylic acid groups (broad SMARTS) is 1. The Labute approximate surface area is 242 Å². The Morgan fingerprint density at radius 1 is 1.02 bits per heavy atom. The highest BCUT2D eigenvalue weighted by Gasteiger charge is 2.26. The smallest absolute Gasteiger partial charge is 0.354 e. The van der Waals surface area contributed by atoms with Crippen LogP contribution in [0, 0.1) is 0 Å². The van der Waals surface area contributed by atoms with Gasteiger partial charge >= 0.3 is 5.97 Å². The molecule has 2 saturated heterocycles. The first-order valence-corrected chi connectivity index (χ1v) is 14.3. The molecule has 208 valence electrons. The first-order valence-electron chi connectivity index (χ1n) is 13.5. The van der Waals surface area contributed by atoms with Crippen LogP contribution in [0.1, 0.15) is 46.7 Å². The molecule has 2 aliphatic rings. The van der Waals surface area contributed by atoms with E-state index in [0.717, 1.165) is 55.9 Å². The zero-order chi connectivity index (χ0) is 27.6. The molecule has 1 N–H and O–H groups in total. The zero-order valence-corrected chi connectivity index (χ0v) is 23.4. The minimum Gasteiger partial charge on any atom is -0.489 e. The highest BCUT2D eigenvalue weighted by Crippen LogP contribution is 2.32. The van der Waals surface area contributed by atoms with Gasteiger partial charge in [-0.3, -0.25) is 4.90 Å². The van der Waals surface area contributed by atoms with Crippen molar-refractivity contribution in [3.63, 3.8) is 0 Å². The van der Waals surface area contributed by atoms with E-state index < -0.39 is 5.97 Å². The van der Waals surface area contributed by atoms with Crippen LogP contribution in [-0.4, -0.2) is 62.4 Å². The SMILES string of the molecule is O=C(O)c1ccc2nc(CN3CCC(Oc4cccc(Cc5ccc(Cl)cc5)c4Cl)CC3)n(CC3CCO3)c2n1. The molecule has 6 rings (SSSR count). The van der Waals surface area contributed by atoms with Gasteiger partial charge in [0.05, 0.1) is 24.2 Å². The number of hydrogen-bond donors (Lipinski definition) is 1. The molecule has 4 aromatic rings. The van der Waals surface area contributed by atoms with Crippen LogP contribution in [-0.2, 0) is 24.2 Å². The van der Waals surface area contributed by atoms with Gasteiger partial charge in [-0.15, -0.1) is 0 Å². The van der Waals surface area contributed by atoms with Crippen molar-refractivity contribution >= 4 is 40.3 Å². The number of nitrogens with zero attached hydrogens (tertiary/aromatic N) is 4. The third-order valence-electron chi connectivity index (χ3n) is 7.61. The van der Waals surface area contributed by atoms with Gasteiger partial charge in [-0.25, -0.2) is 14.8 Å². The number of halogens is 2. The molecule has 8 nitrogen and oxygen atoms in total.